The molecule has 0 aliphatic heterocycles. The second kappa shape index (κ2) is 9.81. The lowest BCUT2D eigenvalue weighted by molar-refractivity contribution is 0.184. The summed E-state index contributed by atoms with van der Waals surface area (Å²) in [5.41, 5.74) is 7.60. The number of nitrogens with zero attached hydrogens (tertiary/aromatic N) is 3. The van der Waals surface area contributed by atoms with Crippen molar-refractivity contribution in [1.29, 1.82) is 0 Å². The number of rotatable bonds is 7. The topological polar surface area (TPSA) is 40.5 Å². The number of hydrogen-bond donors (Lipinski definition) is 1. The van der Waals surface area contributed by atoms with Crippen LogP contribution in [0.1, 0.15) is 43.2 Å². The Bertz CT molecular complexity index is 929. The highest BCUT2D eigenvalue weighted by Gasteiger charge is 2.17. The van der Waals surface area contributed by atoms with Crippen molar-refractivity contribution in [2.75, 3.05) is 12.5 Å². The molecule has 1 N–H and O–H groups in total. The van der Waals surface area contributed by atoms with Gasteiger partial charge in [0.25, 0.3) is 0 Å². The van der Waals surface area contributed by atoms with E-state index in [0.29, 0.717) is 0 Å². The molecule has 0 saturated heterocycles. The maximum Gasteiger partial charge on any atom is 0.203 e. The minimum atomic E-state index is 0.728. The average Bonchev–Trinajstić information content (AvgIpc) is 3.24. The zero-order valence-electron chi connectivity index (χ0n) is 16.9. The van der Waals surface area contributed by atoms with Gasteiger partial charge in [0, 0.05) is 23.5 Å². The van der Waals surface area contributed by atoms with Crippen LogP contribution in [0.2, 0.25) is 0 Å². The summed E-state index contributed by atoms with van der Waals surface area (Å²) in [7, 11) is 2.26. The molecule has 2 aromatic carbocycles. The van der Waals surface area contributed by atoms with Crippen molar-refractivity contribution in [3.63, 3.8) is 0 Å². The molecule has 1 aliphatic carbocycles. The molecule has 1 aliphatic rings. The molecule has 4 nitrogen and oxygen atoms in total. The first kappa shape index (κ1) is 19.8. The summed E-state index contributed by atoms with van der Waals surface area (Å²) in [6, 6.07) is 19.6. The molecule has 0 spiro atoms. The number of anilines is 1. The Morgan fingerprint density at radius 1 is 1.10 bits per heavy atom. The first-order chi connectivity index (χ1) is 14.3. The van der Waals surface area contributed by atoms with Crippen molar-refractivity contribution >= 4 is 22.7 Å². The van der Waals surface area contributed by atoms with Crippen molar-refractivity contribution in [2.24, 2.45) is 5.10 Å². The highest BCUT2D eigenvalue weighted by atomic mass is 32.1. The van der Waals surface area contributed by atoms with Gasteiger partial charge in [0.15, 0.2) is 0 Å². The van der Waals surface area contributed by atoms with Gasteiger partial charge in [-0.1, -0.05) is 67.8 Å². The van der Waals surface area contributed by atoms with E-state index in [4.69, 9.17) is 0 Å². The summed E-state index contributed by atoms with van der Waals surface area (Å²) in [6.07, 6.45) is 8.68. The fraction of sp³-hybridized carbons (Fsp3) is 0.333. The van der Waals surface area contributed by atoms with Crippen LogP contribution in [-0.2, 0) is 6.54 Å². The van der Waals surface area contributed by atoms with Crippen LogP contribution < -0.4 is 5.43 Å². The van der Waals surface area contributed by atoms with E-state index in [1.807, 2.05) is 24.4 Å². The summed E-state index contributed by atoms with van der Waals surface area (Å²) in [6.45, 7) is 0.993. The Morgan fingerprint density at radius 2 is 1.93 bits per heavy atom. The van der Waals surface area contributed by atoms with Gasteiger partial charge in [-0.2, -0.15) is 5.10 Å². The fourth-order valence-corrected chi connectivity index (χ4v) is 4.61. The normalized spacial score (nSPS) is 15.2. The lowest BCUT2D eigenvalue weighted by atomic mass is 9.94. The molecule has 1 fully saturated rings. The molecule has 150 valence electrons. The third-order valence-corrected chi connectivity index (χ3v) is 6.28. The Hall–Kier alpha value is -2.50. The molecule has 1 aromatic heterocycles. The van der Waals surface area contributed by atoms with E-state index in [2.05, 4.69) is 69.2 Å². The molecule has 0 radical (unpaired) electrons. The van der Waals surface area contributed by atoms with Crippen LogP contribution >= 0.6 is 11.3 Å². The molecule has 1 heterocycles. The molecule has 29 heavy (non-hydrogen) atoms. The van der Waals surface area contributed by atoms with Gasteiger partial charge in [0.2, 0.25) is 5.13 Å². The van der Waals surface area contributed by atoms with Gasteiger partial charge >= 0.3 is 0 Å². The Balaban J connectivity index is 1.34. The second-order valence-corrected chi connectivity index (χ2v) is 8.58. The van der Waals surface area contributed by atoms with Crippen molar-refractivity contribution in [3.8, 4) is 11.3 Å². The van der Waals surface area contributed by atoms with E-state index in [1.54, 1.807) is 11.3 Å². The van der Waals surface area contributed by atoms with Crippen LogP contribution in [0, 0.1) is 0 Å². The van der Waals surface area contributed by atoms with Crippen molar-refractivity contribution < 1.29 is 0 Å². The quantitative estimate of drug-likeness (QED) is 0.387. The van der Waals surface area contributed by atoms with Crippen LogP contribution in [0.5, 0.6) is 0 Å². The average molecular weight is 405 g/mol. The van der Waals surface area contributed by atoms with Crippen molar-refractivity contribution in [3.05, 3.63) is 71.1 Å². The minimum Gasteiger partial charge on any atom is -0.299 e. The maximum atomic E-state index is 4.61. The highest BCUT2D eigenvalue weighted by Crippen LogP contribution is 2.25. The van der Waals surface area contributed by atoms with E-state index in [0.717, 1.165) is 34.5 Å². The van der Waals surface area contributed by atoms with E-state index in [-0.39, 0.29) is 0 Å². The van der Waals surface area contributed by atoms with E-state index in [9.17, 15) is 0 Å². The molecule has 0 atom stereocenters. The highest BCUT2D eigenvalue weighted by molar-refractivity contribution is 7.14. The van der Waals surface area contributed by atoms with Crippen LogP contribution in [0.25, 0.3) is 11.3 Å². The summed E-state index contributed by atoms with van der Waals surface area (Å²) in [4.78, 5) is 7.12. The monoisotopic (exact) mass is 404 g/mol. The number of hydrogen-bond acceptors (Lipinski definition) is 5. The van der Waals surface area contributed by atoms with Crippen LogP contribution in [0.4, 0.5) is 5.13 Å². The summed E-state index contributed by atoms with van der Waals surface area (Å²) >= 11 is 1.56. The fourth-order valence-electron chi connectivity index (χ4n) is 3.94. The van der Waals surface area contributed by atoms with E-state index < -0.39 is 0 Å². The molecule has 0 unspecified atom stereocenters. The third kappa shape index (κ3) is 5.52. The second-order valence-electron chi connectivity index (χ2n) is 7.73. The number of benzene rings is 2. The maximum absolute atomic E-state index is 4.61. The molecule has 0 amide bonds. The largest absolute Gasteiger partial charge is 0.299 e. The van der Waals surface area contributed by atoms with Gasteiger partial charge in [-0.05, 0) is 37.1 Å². The standard InChI is InChI=1S/C24H28N4S/c1-28(22-13-6-3-7-14-22)17-20-10-8-9-19(15-20)16-25-27-24-26-23(18-29-24)21-11-4-2-5-12-21/h2,4-5,8-12,15-16,18,22H,3,6-7,13-14,17H2,1H3,(H,26,27). The summed E-state index contributed by atoms with van der Waals surface area (Å²) in [5.74, 6) is 0. The molecular formula is C24H28N4S. The number of nitrogens with one attached hydrogen (secondary N) is 1. The first-order valence-corrected chi connectivity index (χ1v) is 11.2. The predicted octanol–water partition coefficient (Wildman–Crippen LogP) is 6.02. The van der Waals surface area contributed by atoms with Gasteiger partial charge in [0.1, 0.15) is 0 Å². The molecule has 3 aromatic rings. The van der Waals surface area contributed by atoms with E-state index in [1.165, 1.54) is 37.7 Å². The number of thiazole rings is 1. The SMILES string of the molecule is CN(Cc1cccc(C=NNc2nc(-c3ccccc3)cs2)c1)C1CCCCC1. The van der Waals surface area contributed by atoms with E-state index >= 15 is 0 Å². The predicted molar refractivity (Wildman–Crippen MR) is 124 cm³/mol. The van der Waals surface area contributed by atoms with Gasteiger partial charge in [-0.25, -0.2) is 4.98 Å². The van der Waals surface area contributed by atoms with Crippen molar-refractivity contribution in [2.45, 2.75) is 44.7 Å². The van der Waals surface area contributed by atoms with Crippen LogP contribution in [-0.4, -0.2) is 29.2 Å². The summed E-state index contributed by atoms with van der Waals surface area (Å²) in [5, 5.41) is 7.24. The van der Waals surface area contributed by atoms with Gasteiger partial charge in [-0.3, -0.25) is 10.3 Å². The zero-order chi connectivity index (χ0) is 19.9. The summed E-state index contributed by atoms with van der Waals surface area (Å²) < 4.78 is 0. The molecule has 1 saturated carbocycles. The smallest absolute Gasteiger partial charge is 0.203 e. The first-order valence-electron chi connectivity index (χ1n) is 10.4. The molecular weight excluding hydrogens is 376 g/mol. The molecule has 0 bridgehead atoms. The van der Waals surface area contributed by atoms with Gasteiger partial charge < -0.3 is 0 Å². The van der Waals surface area contributed by atoms with Crippen LogP contribution in [0.3, 0.4) is 0 Å². The van der Waals surface area contributed by atoms with Crippen molar-refractivity contribution in [1.82, 2.24) is 9.88 Å². The Labute approximate surface area is 177 Å². The Morgan fingerprint density at radius 3 is 2.76 bits per heavy atom. The molecule has 5 heteroatoms. The van der Waals surface area contributed by atoms with Crippen LogP contribution in [0.15, 0.2) is 65.1 Å². The third-order valence-electron chi connectivity index (χ3n) is 5.53. The number of hydrazone groups is 1. The lowest BCUT2D eigenvalue weighted by Gasteiger charge is -2.31. The van der Waals surface area contributed by atoms with Gasteiger partial charge in [0.05, 0.1) is 11.9 Å². The van der Waals surface area contributed by atoms with Gasteiger partial charge in [-0.15, -0.1) is 11.3 Å². The molecule has 4 rings (SSSR count). The number of aromatic nitrogens is 1. The lowest BCUT2D eigenvalue weighted by Crippen LogP contribution is -2.32. The minimum absolute atomic E-state index is 0.728. The Kier molecular flexibility index (Phi) is 6.70. The zero-order valence-corrected chi connectivity index (χ0v) is 17.7.